The average Bonchev–Trinajstić information content (AvgIpc) is 2.68. The van der Waals surface area contributed by atoms with Crippen LogP contribution in [0.1, 0.15) is 26.3 Å². The maximum Gasteiger partial charge on any atom is 0.160 e. The van der Waals surface area contributed by atoms with Crippen molar-refractivity contribution in [2.75, 3.05) is 11.1 Å². The lowest BCUT2D eigenvalue weighted by atomic mass is 9.92. The van der Waals surface area contributed by atoms with E-state index in [1.807, 2.05) is 6.07 Å². The Kier molecular flexibility index (Phi) is 5.09. The van der Waals surface area contributed by atoms with Crippen LogP contribution in [-0.4, -0.2) is 35.5 Å². The van der Waals surface area contributed by atoms with Gasteiger partial charge in [0.2, 0.25) is 0 Å². The number of benzene rings is 1. The third kappa shape index (κ3) is 3.58. The molecule has 156 valence electrons. The quantitative estimate of drug-likeness (QED) is 0.578. The van der Waals surface area contributed by atoms with Crippen LogP contribution in [0.3, 0.4) is 0 Å². The molecule has 10 heteroatoms. The first-order chi connectivity index (χ1) is 14.1. The van der Waals surface area contributed by atoms with Gasteiger partial charge in [-0.25, -0.2) is 19.3 Å². The number of nitrogens with one attached hydrogen (secondary N) is 1. The minimum absolute atomic E-state index is 0.174. The molecular formula is C20H20BrFN6OS. The maximum atomic E-state index is 14.8. The van der Waals surface area contributed by atoms with Gasteiger partial charge in [-0.05, 0) is 61.0 Å². The lowest BCUT2D eigenvalue weighted by molar-refractivity contribution is 0.494. The summed E-state index contributed by atoms with van der Waals surface area (Å²) < 4.78 is 27.6. The van der Waals surface area contributed by atoms with Crippen molar-refractivity contribution < 1.29 is 8.60 Å². The van der Waals surface area contributed by atoms with E-state index in [-0.39, 0.29) is 11.6 Å². The SMILES string of the molecule is CC1(C)C(N)=N[C@](C)(c2cc(Nc3ncnc4cc(Br)cnc34)ccc2F)CS1=O. The van der Waals surface area contributed by atoms with Gasteiger partial charge in [-0.15, -0.1) is 0 Å². The second-order valence-electron chi connectivity index (χ2n) is 7.83. The summed E-state index contributed by atoms with van der Waals surface area (Å²) in [5.74, 6) is 0.481. The Labute approximate surface area is 184 Å². The molecule has 0 aliphatic carbocycles. The summed E-state index contributed by atoms with van der Waals surface area (Å²) in [6, 6.07) is 6.44. The lowest BCUT2D eigenvalue weighted by Crippen LogP contribution is -2.52. The number of amidine groups is 1. The smallest absolute Gasteiger partial charge is 0.160 e. The Hall–Kier alpha value is -2.46. The van der Waals surface area contributed by atoms with E-state index >= 15 is 0 Å². The minimum Gasteiger partial charge on any atom is -0.386 e. The van der Waals surface area contributed by atoms with Crippen LogP contribution in [-0.2, 0) is 16.3 Å². The first-order valence-corrected chi connectivity index (χ1v) is 11.3. The summed E-state index contributed by atoms with van der Waals surface area (Å²) >= 11 is 3.38. The molecule has 2 atom stereocenters. The number of aliphatic imine (C=N–C) groups is 1. The van der Waals surface area contributed by atoms with E-state index in [4.69, 9.17) is 5.73 Å². The molecule has 0 amide bonds. The second-order valence-corrected chi connectivity index (χ2v) is 10.8. The van der Waals surface area contributed by atoms with Crippen LogP contribution in [0.25, 0.3) is 11.0 Å². The maximum absolute atomic E-state index is 14.8. The van der Waals surface area contributed by atoms with E-state index in [1.54, 1.807) is 39.1 Å². The van der Waals surface area contributed by atoms with Crippen molar-refractivity contribution >= 4 is 55.1 Å². The molecule has 0 bridgehead atoms. The van der Waals surface area contributed by atoms with E-state index in [1.165, 1.54) is 12.4 Å². The fourth-order valence-electron chi connectivity index (χ4n) is 3.29. The number of hydrogen-bond donors (Lipinski definition) is 2. The molecule has 1 aromatic carbocycles. The predicted molar refractivity (Wildman–Crippen MR) is 121 cm³/mol. The fourth-order valence-corrected chi connectivity index (χ4v) is 4.98. The average molecular weight is 491 g/mol. The van der Waals surface area contributed by atoms with Crippen LogP contribution < -0.4 is 11.1 Å². The highest BCUT2D eigenvalue weighted by molar-refractivity contribution is 9.10. The van der Waals surface area contributed by atoms with Gasteiger partial charge < -0.3 is 11.1 Å². The van der Waals surface area contributed by atoms with Crippen molar-refractivity contribution in [2.24, 2.45) is 10.7 Å². The standard InChI is InChI=1S/C20H20BrFN6OS/c1-19(2)18(23)28-20(3,9-30(19)29)13-7-12(4-5-14(13)22)27-17-16-15(25-10-26-17)6-11(21)8-24-16/h4-8,10H,9H2,1-3H3,(H2,23,28)(H,25,26,27)/t20-,30?/m0/s1. The van der Waals surface area contributed by atoms with E-state index in [0.29, 0.717) is 28.1 Å². The first kappa shape index (κ1) is 20.8. The van der Waals surface area contributed by atoms with Crippen LogP contribution >= 0.6 is 15.9 Å². The molecule has 3 aromatic rings. The van der Waals surface area contributed by atoms with Crippen molar-refractivity contribution in [3.05, 3.63) is 52.6 Å². The fraction of sp³-hybridized carbons (Fsp3) is 0.300. The number of anilines is 2. The summed E-state index contributed by atoms with van der Waals surface area (Å²) in [6.45, 7) is 5.30. The van der Waals surface area contributed by atoms with Crippen LogP contribution in [0.15, 0.2) is 46.3 Å². The summed E-state index contributed by atoms with van der Waals surface area (Å²) in [6.07, 6.45) is 3.09. The number of fused-ring (bicyclic) bond motifs is 1. The van der Waals surface area contributed by atoms with Crippen molar-refractivity contribution in [1.82, 2.24) is 15.0 Å². The number of nitrogens with zero attached hydrogens (tertiary/aromatic N) is 4. The van der Waals surface area contributed by atoms with Crippen molar-refractivity contribution in [3.8, 4) is 0 Å². The minimum atomic E-state index is -1.30. The molecule has 1 aliphatic rings. The number of rotatable bonds is 3. The van der Waals surface area contributed by atoms with E-state index in [9.17, 15) is 8.60 Å². The van der Waals surface area contributed by atoms with Gasteiger partial charge in [-0.2, -0.15) is 0 Å². The highest BCUT2D eigenvalue weighted by Crippen LogP contribution is 2.37. The number of halogens is 2. The summed E-state index contributed by atoms with van der Waals surface area (Å²) in [5, 5.41) is 3.18. The summed E-state index contributed by atoms with van der Waals surface area (Å²) in [7, 11) is -1.30. The van der Waals surface area contributed by atoms with Gasteiger partial charge in [0.1, 0.15) is 23.5 Å². The molecule has 0 fully saturated rings. The zero-order valence-electron chi connectivity index (χ0n) is 16.6. The molecule has 30 heavy (non-hydrogen) atoms. The summed E-state index contributed by atoms with van der Waals surface area (Å²) in [4.78, 5) is 17.4. The molecule has 1 unspecified atom stereocenters. The molecule has 0 spiro atoms. The largest absolute Gasteiger partial charge is 0.386 e. The Morgan fingerprint density at radius 1 is 1.20 bits per heavy atom. The van der Waals surface area contributed by atoms with Gasteiger partial charge in [-0.1, -0.05) is 0 Å². The molecule has 1 aliphatic heterocycles. The van der Waals surface area contributed by atoms with Crippen LogP contribution in [0, 0.1) is 5.82 Å². The molecular weight excluding hydrogens is 471 g/mol. The highest BCUT2D eigenvalue weighted by Gasteiger charge is 2.44. The number of hydrogen-bond acceptors (Lipinski definition) is 7. The molecule has 0 radical (unpaired) electrons. The number of nitrogens with two attached hydrogens (primary N) is 1. The summed E-state index contributed by atoms with van der Waals surface area (Å²) in [5.41, 5.74) is 7.21. The second kappa shape index (κ2) is 7.35. The monoisotopic (exact) mass is 490 g/mol. The Morgan fingerprint density at radius 3 is 2.70 bits per heavy atom. The van der Waals surface area contributed by atoms with Gasteiger partial charge >= 0.3 is 0 Å². The molecule has 0 saturated carbocycles. The third-order valence-electron chi connectivity index (χ3n) is 5.22. The van der Waals surface area contributed by atoms with E-state index in [0.717, 1.165) is 4.47 Å². The predicted octanol–water partition coefficient (Wildman–Crippen LogP) is 3.78. The van der Waals surface area contributed by atoms with Crippen LogP contribution in [0.5, 0.6) is 0 Å². The number of pyridine rings is 1. The first-order valence-electron chi connectivity index (χ1n) is 9.18. The lowest BCUT2D eigenvalue weighted by Gasteiger charge is -2.37. The van der Waals surface area contributed by atoms with Gasteiger partial charge in [0.15, 0.2) is 5.82 Å². The third-order valence-corrected chi connectivity index (χ3v) is 7.82. The van der Waals surface area contributed by atoms with Crippen molar-refractivity contribution in [3.63, 3.8) is 0 Å². The molecule has 3 heterocycles. The Morgan fingerprint density at radius 2 is 1.97 bits per heavy atom. The zero-order valence-corrected chi connectivity index (χ0v) is 19.0. The van der Waals surface area contributed by atoms with Gasteiger partial charge in [0, 0.05) is 32.7 Å². The Bertz CT molecular complexity index is 1220. The molecule has 0 saturated heterocycles. The molecule has 2 aromatic heterocycles. The highest BCUT2D eigenvalue weighted by atomic mass is 79.9. The van der Waals surface area contributed by atoms with Gasteiger partial charge in [0.25, 0.3) is 0 Å². The normalized spacial score (nSPS) is 23.2. The van der Waals surface area contributed by atoms with Crippen LogP contribution in [0.2, 0.25) is 0 Å². The van der Waals surface area contributed by atoms with Crippen molar-refractivity contribution in [1.29, 1.82) is 0 Å². The van der Waals surface area contributed by atoms with Gasteiger partial charge in [-0.3, -0.25) is 9.20 Å². The molecule has 7 nitrogen and oxygen atoms in total. The number of aromatic nitrogens is 3. The van der Waals surface area contributed by atoms with Crippen molar-refractivity contribution in [2.45, 2.75) is 31.1 Å². The zero-order chi connectivity index (χ0) is 21.7. The van der Waals surface area contributed by atoms with Crippen LogP contribution in [0.4, 0.5) is 15.9 Å². The topological polar surface area (TPSA) is 106 Å². The van der Waals surface area contributed by atoms with E-state index in [2.05, 4.69) is 41.2 Å². The van der Waals surface area contributed by atoms with Gasteiger partial charge in [0.05, 0.1) is 21.6 Å². The molecule has 4 rings (SSSR count). The Balaban J connectivity index is 1.75. The van der Waals surface area contributed by atoms with E-state index < -0.39 is 26.9 Å². The molecule has 3 N–H and O–H groups in total.